The minimum atomic E-state index is -0.325. The van der Waals surface area contributed by atoms with Gasteiger partial charge in [-0.25, -0.2) is 0 Å². The molecule has 0 bridgehead atoms. The summed E-state index contributed by atoms with van der Waals surface area (Å²) in [6.07, 6.45) is 4.46. The molecule has 0 saturated heterocycles. The second-order valence-electron chi connectivity index (χ2n) is 6.07. The van der Waals surface area contributed by atoms with Crippen molar-refractivity contribution in [3.63, 3.8) is 0 Å². The number of Topliss-reactive ketones (excluding diaryl/α,β-unsaturated/α-hetero) is 1. The summed E-state index contributed by atoms with van der Waals surface area (Å²) in [7, 11) is 1.68. The van der Waals surface area contributed by atoms with Crippen molar-refractivity contribution >= 4 is 17.5 Å². The molecular weight excluding hydrogens is 280 g/mol. The van der Waals surface area contributed by atoms with Gasteiger partial charge in [0.05, 0.1) is 11.4 Å². The normalized spacial score (nSPS) is 15.1. The number of rotatable bonds is 7. The Morgan fingerprint density at radius 2 is 1.90 bits per heavy atom. The highest BCUT2D eigenvalue weighted by molar-refractivity contribution is 8.00. The third-order valence-electron chi connectivity index (χ3n) is 3.29. The Labute approximate surface area is 133 Å². The first-order valence-electron chi connectivity index (χ1n) is 7.29. The van der Waals surface area contributed by atoms with Crippen LogP contribution in [0.15, 0.2) is 47.4 Å². The van der Waals surface area contributed by atoms with Crippen LogP contribution in [0.25, 0.3) is 0 Å². The largest absolute Gasteiger partial charge is 0.380 e. The van der Waals surface area contributed by atoms with Gasteiger partial charge >= 0.3 is 0 Å². The Morgan fingerprint density at radius 3 is 2.38 bits per heavy atom. The molecule has 2 atom stereocenters. The molecular formula is C18H26O2S. The number of thioether (sulfide) groups is 1. The number of carbonyl (C=O) groups is 1. The van der Waals surface area contributed by atoms with Crippen LogP contribution in [0.5, 0.6) is 0 Å². The molecule has 0 aromatic heterocycles. The first kappa shape index (κ1) is 18.0. The minimum absolute atomic E-state index is 0.113. The Hall–Kier alpha value is -1.06. The fraction of sp³-hybridized carbons (Fsp3) is 0.500. The maximum Gasteiger partial charge on any atom is 0.140 e. The molecule has 1 rings (SSSR count). The average Bonchev–Trinajstić information content (AvgIpc) is 2.44. The van der Waals surface area contributed by atoms with Crippen molar-refractivity contribution in [1.29, 1.82) is 0 Å². The standard InChI is InChI=1S/C18H26O2S/c1-6-10-16(21-14-11-8-7-9-12-14)15(20-5)13-17(19)18(2,3)4/h6-12,15-16H,13H2,1-5H3/b10-6+/t15-,16+/m0/s1. The summed E-state index contributed by atoms with van der Waals surface area (Å²) >= 11 is 1.73. The maximum absolute atomic E-state index is 12.3. The number of ether oxygens (including phenoxy) is 1. The van der Waals surface area contributed by atoms with E-state index in [-0.39, 0.29) is 22.6 Å². The first-order chi connectivity index (χ1) is 9.88. The van der Waals surface area contributed by atoms with Crippen LogP contribution >= 0.6 is 11.8 Å². The molecule has 0 aliphatic heterocycles. The van der Waals surface area contributed by atoms with Crippen molar-refractivity contribution in [3.05, 3.63) is 42.5 Å². The summed E-state index contributed by atoms with van der Waals surface area (Å²) in [5.41, 5.74) is -0.325. The lowest BCUT2D eigenvalue weighted by Crippen LogP contribution is -2.31. The fourth-order valence-electron chi connectivity index (χ4n) is 1.91. The lowest BCUT2D eigenvalue weighted by Gasteiger charge is -2.26. The predicted octanol–water partition coefficient (Wildman–Crippen LogP) is 4.74. The molecule has 0 aliphatic carbocycles. The molecule has 0 amide bonds. The second kappa shape index (κ2) is 8.40. The molecule has 0 N–H and O–H groups in total. The highest BCUT2D eigenvalue weighted by atomic mass is 32.2. The van der Waals surface area contributed by atoms with Crippen LogP contribution in [0.3, 0.4) is 0 Å². The Morgan fingerprint density at radius 1 is 1.29 bits per heavy atom. The maximum atomic E-state index is 12.3. The molecule has 0 heterocycles. The van der Waals surface area contributed by atoms with Crippen molar-refractivity contribution in [3.8, 4) is 0 Å². The van der Waals surface area contributed by atoms with Crippen LogP contribution in [0.4, 0.5) is 0 Å². The summed E-state index contributed by atoms with van der Waals surface area (Å²) in [5.74, 6) is 0.234. The number of hydrogen-bond donors (Lipinski definition) is 0. The van der Waals surface area contributed by atoms with Crippen molar-refractivity contribution in [2.75, 3.05) is 7.11 Å². The van der Waals surface area contributed by atoms with Crippen molar-refractivity contribution in [1.82, 2.24) is 0 Å². The zero-order chi connectivity index (χ0) is 15.9. The molecule has 0 unspecified atom stereocenters. The van der Waals surface area contributed by atoms with Crippen LogP contribution < -0.4 is 0 Å². The molecule has 0 radical (unpaired) electrons. The van der Waals surface area contributed by atoms with Crippen LogP contribution in [0.2, 0.25) is 0 Å². The molecule has 2 nitrogen and oxygen atoms in total. The summed E-state index contributed by atoms with van der Waals surface area (Å²) in [6.45, 7) is 7.86. The van der Waals surface area contributed by atoms with Crippen LogP contribution in [0, 0.1) is 5.41 Å². The molecule has 0 aliphatic rings. The van der Waals surface area contributed by atoms with Gasteiger partial charge in [-0.05, 0) is 19.1 Å². The molecule has 116 valence electrons. The molecule has 21 heavy (non-hydrogen) atoms. The van der Waals surface area contributed by atoms with E-state index in [0.717, 1.165) is 0 Å². The van der Waals surface area contributed by atoms with Gasteiger partial charge in [0.25, 0.3) is 0 Å². The van der Waals surface area contributed by atoms with Gasteiger partial charge in [-0.15, -0.1) is 11.8 Å². The van der Waals surface area contributed by atoms with Crippen molar-refractivity contribution in [2.45, 2.75) is 50.4 Å². The van der Waals surface area contributed by atoms with Gasteiger partial charge < -0.3 is 4.74 Å². The summed E-state index contributed by atoms with van der Waals surface area (Å²) < 4.78 is 5.61. The quantitative estimate of drug-likeness (QED) is 0.537. The highest BCUT2D eigenvalue weighted by Crippen LogP contribution is 2.30. The third kappa shape index (κ3) is 6.06. The summed E-state index contributed by atoms with van der Waals surface area (Å²) in [4.78, 5) is 13.5. The van der Waals surface area contributed by atoms with Crippen LogP contribution in [-0.4, -0.2) is 24.2 Å². The van der Waals surface area contributed by atoms with Gasteiger partial charge in [0.2, 0.25) is 0 Å². The molecule has 1 aromatic carbocycles. The molecule has 0 fully saturated rings. The van der Waals surface area contributed by atoms with E-state index < -0.39 is 0 Å². The molecule has 3 heteroatoms. The van der Waals surface area contributed by atoms with Gasteiger partial charge in [-0.3, -0.25) is 4.79 Å². The fourth-order valence-corrected chi connectivity index (χ4v) is 3.13. The van der Waals surface area contributed by atoms with E-state index in [2.05, 4.69) is 18.2 Å². The van der Waals surface area contributed by atoms with E-state index in [0.29, 0.717) is 6.42 Å². The smallest absolute Gasteiger partial charge is 0.140 e. The van der Waals surface area contributed by atoms with E-state index in [9.17, 15) is 4.79 Å². The van der Waals surface area contributed by atoms with Crippen LogP contribution in [0.1, 0.15) is 34.1 Å². The van der Waals surface area contributed by atoms with E-state index in [4.69, 9.17) is 4.74 Å². The zero-order valence-electron chi connectivity index (χ0n) is 13.6. The minimum Gasteiger partial charge on any atom is -0.380 e. The van der Waals surface area contributed by atoms with E-state index in [1.54, 1.807) is 18.9 Å². The Balaban J connectivity index is 2.83. The second-order valence-corrected chi connectivity index (χ2v) is 7.32. The van der Waals surface area contributed by atoms with Crippen LogP contribution in [-0.2, 0) is 9.53 Å². The Kier molecular flexibility index (Phi) is 7.20. The summed E-state index contributed by atoms with van der Waals surface area (Å²) in [6, 6.07) is 10.2. The van der Waals surface area contributed by atoms with Gasteiger partial charge in [0, 0.05) is 23.8 Å². The first-order valence-corrected chi connectivity index (χ1v) is 8.17. The lowest BCUT2D eigenvalue weighted by atomic mass is 9.87. The Bertz CT molecular complexity index is 460. The van der Waals surface area contributed by atoms with E-state index >= 15 is 0 Å². The lowest BCUT2D eigenvalue weighted by molar-refractivity contribution is -0.128. The summed E-state index contributed by atoms with van der Waals surface area (Å²) in [5, 5.41) is 0.133. The van der Waals surface area contributed by atoms with Crippen molar-refractivity contribution in [2.24, 2.45) is 5.41 Å². The number of methoxy groups -OCH3 is 1. The predicted molar refractivity (Wildman–Crippen MR) is 90.8 cm³/mol. The topological polar surface area (TPSA) is 26.3 Å². The van der Waals surface area contributed by atoms with Gasteiger partial charge in [-0.2, -0.15) is 0 Å². The number of benzene rings is 1. The SMILES string of the molecule is C/C=C/[C@@H](Sc1ccccc1)[C@H](CC(=O)C(C)(C)C)OC. The van der Waals surface area contributed by atoms with E-state index in [1.165, 1.54) is 4.90 Å². The third-order valence-corrected chi connectivity index (χ3v) is 4.57. The number of hydrogen-bond acceptors (Lipinski definition) is 3. The van der Waals surface area contributed by atoms with Gasteiger partial charge in [0.1, 0.15) is 5.78 Å². The monoisotopic (exact) mass is 306 g/mol. The number of allylic oxidation sites excluding steroid dienone is 1. The van der Waals surface area contributed by atoms with Gasteiger partial charge in [-0.1, -0.05) is 51.1 Å². The molecule has 1 aromatic rings. The van der Waals surface area contributed by atoms with E-state index in [1.807, 2.05) is 52.0 Å². The van der Waals surface area contributed by atoms with Crippen molar-refractivity contribution < 1.29 is 9.53 Å². The molecule has 0 spiro atoms. The number of carbonyl (C=O) groups excluding carboxylic acids is 1. The molecule has 0 saturated carbocycles. The highest BCUT2D eigenvalue weighted by Gasteiger charge is 2.28. The number of ketones is 1. The van der Waals surface area contributed by atoms with Gasteiger partial charge in [0.15, 0.2) is 0 Å². The average molecular weight is 306 g/mol. The zero-order valence-corrected chi connectivity index (χ0v) is 14.4.